The maximum Gasteiger partial charge on any atom is 0.127 e. The average Bonchev–Trinajstić information content (AvgIpc) is 2.52. The zero-order valence-corrected chi connectivity index (χ0v) is 13.4. The summed E-state index contributed by atoms with van der Waals surface area (Å²) in [7, 11) is 0. The van der Waals surface area contributed by atoms with Crippen LogP contribution in [-0.2, 0) is 0 Å². The lowest BCUT2D eigenvalue weighted by molar-refractivity contribution is 0.307. The fraction of sp³-hybridized carbons (Fsp3) is 0.333. The number of unbranched alkanes of at least 4 members (excludes halogenated alkanes) is 1. The van der Waals surface area contributed by atoms with Crippen molar-refractivity contribution in [2.75, 3.05) is 19.7 Å². The summed E-state index contributed by atoms with van der Waals surface area (Å²) in [5.41, 5.74) is 2.37. The minimum atomic E-state index is 0. The van der Waals surface area contributed by atoms with E-state index in [1.165, 1.54) is 11.1 Å². The number of ether oxygens (including phenoxy) is 1. The quantitative estimate of drug-likeness (QED) is 0.723. The molecule has 0 atom stereocenters. The van der Waals surface area contributed by atoms with Crippen molar-refractivity contribution in [1.29, 1.82) is 0 Å². The number of para-hydroxylation sites is 1. The van der Waals surface area contributed by atoms with Gasteiger partial charge >= 0.3 is 0 Å². The van der Waals surface area contributed by atoms with Crippen molar-refractivity contribution in [3.63, 3.8) is 0 Å². The molecule has 0 bridgehead atoms. The van der Waals surface area contributed by atoms with Crippen molar-refractivity contribution in [3.8, 4) is 16.9 Å². The summed E-state index contributed by atoms with van der Waals surface area (Å²) in [6.07, 6.45) is 2.23. The van der Waals surface area contributed by atoms with Gasteiger partial charge in [-0.3, -0.25) is 0 Å². The smallest absolute Gasteiger partial charge is 0.127 e. The van der Waals surface area contributed by atoms with Gasteiger partial charge in [0, 0.05) is 5.56 Å². The number of rotatable bonds is 8. The molecular formula is C18H24ClNO. The van der Waals surface area contributed by atoms with Crippen LogP contribution < -0.4 is 10.1 Å². The Bertz CT molecular complexity index is 502. The summed E-state index contributed by atoms with van der Waals surface area (Å²) in [5.74, 6) is 0.974. The van der Waals surface area contributed by atoms with Crippen molar-refractivity contribution in [1.82, 2.24) is 5.32 Å². The molecule has 2 aromatic carbocycles. The molecule has 0 aliphatic heterocycles. The Morgan fingerprint density at radius 2 is 1.62 bits per heavy atom. The van der Waals surface area contributed by atoms with Gasteiger partial charge < -0.3 is 10.1 Å². The summed E-state index contributed by atoms with van der Waals surface area (Å²) < 4.78 is 5.94. The predicted molar refractivity (Wildman–Crippen MR) is 92.4 cm³/mol. The second kappa shape index (κ2) is 10.3. The molecule has 0 fully saturated rings. The van der Waals surface area contributed by atoms with Crippen molar-refractivity contribution in [3.05, 3.63) is 54.6 Å². The Morgan fingerprint density at radius 3 is 2.38 bits per heavy atom. The van der Waals surface area contributed by atoms with E-state index in [0.717, 1.165) is 38.3 Å². The molecule has 2 rings (SSSR count). The second-order valence-corrected chi connectivity index (χ2v) is 4.77. The normalized spacial score (nSPS) is 9.95. The van der Waals surface area contributed by atoms with Gasteiger partial charge in [0.1, 0.15) is 5.75 Å². The van der Waals surface area contributed by atoms with Crippen LogP contribution in [0.3, 0.4) is 0 Å². The molecule has 0 saturated heterocycles. The minimum Gasteiger partial charge on any atom is -0.493 e. The third-order valence-corrected chi connectivity index (χ3v) is 3.23. The molecular weight excluding hydrogens is 282 g/mol. The highest BCUT2D eigenvalue weighted by Gasteiger charge is 2.04. The van der Waals surface area contributed by atoms with Crippen LogP contribution in [-0.4, -0.2) is 19.7 Å². The van der Waals surface area contributed by atoms with E-state index in [1.54, 1.807) is 0 Å². The molecule has 0 aromatic heterocycles. The van der Waals surface area contributed by atoms with Crippen molar-refractivity contribution in [2.45, 2.75) is 19.8 Å². The maximum absolute atomic E-state index is 5.94. The molecule has 114 valence electrons. The van der Waals surface area contributed by atoms with Crippen LogP contribution in [0.5, 0.6) is 5.75 Å². The standard InChI is InChI=1S/C18H23NO.ClH/c1-2-19-14-8-9-15-20-18-13-7-6-12-17(18)16-10-4-3-5-11-16;/h3-7,10-13,19H,2,8-9,14-15H2,1H3;1H. The van der Waals surface area contributed by atoms with Gasteiger partial charge in [0.2, 0.25) is 0 Å². The van der Waals surface area contributed by atoms with Crippen LogP contribution in [0.2, 0.25) is 0 Å². The molecule has 2 nitrogen and oxygen atoms in total. The highest BCUT2D eigenvalue weighted by atomic mass is 35.5. The Balaban J connectivity index is 0.00000220. The molecule has 0 amide bonds. The number of hydrogen-bond acceptors (Lipinski definition) is 2. The van der Waals surface area contributed by atoms with E-state index < -0.39 is 0 Å². The fourth-order valence-electron chi connectivity index (χ4n) is 2.16. The Morgan fingerprint density at radius 1 is 0.905 bits per heavy atom. The third-order valence-electron chi connectivity index (χ3n) is 3.23. The van der Waals surface area contributed by atoms with E-state index in [9.17, 15) is 0 Å². The predicted octanol–water partition coefficient (Wildman–Crippen LogP) is 4.54. The number of benzene rings is 2. The Labute approximate surface area is 133 Å². The van der Waals surface area contributed by atoms with E-state index in [2.05, 4.69) is 48.6 Å². The molecule has 0 heterocycles. The molecule has 0 unspecified atom stereocenters. The number of nitrogens with one attached hydrogen (secondary N) is 1. The summed E-state index contributed by atoms with van der Waals surface area (Å²) in [4.78, 5) is 0. The van der Waals surface area contributed by atoms with Gasteiger partial charge in [-0.05, 0) is 37.6 Å². The monoisotopic (exact) mass is 305 g/mol. The largest absolute Gasteiger partial charge is 0.493 e. The Hall–Kier alpha value is -1.51. The van der Waals surface area contributed by atoms with Crippen LogP contribution in [0.4, 0.5) is 0 Å². The lowest BCUT2D eigenvalue weighted by Gasteiger charge is -2.11. The fourth-order valence-corrected chi connectivity index (χ4v) is 2.16. The van der Waals surface area contributed by atoms with Gasteiger partial charge in [-0.15, -0.1) is 12.4 Å². The first-order valence-electron chi connectivity index (χ1n) is 7.40. The van der Waals surface area contributed by atoms with Crippen LogP contribution in [0, 0.1) is 0 Å². The molecule has 2 aromatic rings. The van der Waals surface area contributed by atoms with E-state index in [4.69, 9.17) is 4.74 Å². The highest BCUT2D eigenvalue weighted by Crippen LogP contribution is 2.29. The lowest BCUT2D eigenvalue weighted by Crippen LogP contribution is -2.14. The topological polar surface area (TPSA) is 21.3 Å². The van der Waals surface area contributed by atoms with Gasteiger partial charge in [-0.2, -0.15) is 0 Å². The first-order valence-corrected chi connectivity index (χ1v) is 7.40. The summed E-state index contributed by atoms with van der Waals surface area (Å²) in [5, 5.41) is 3.33. The van der Waals surface area contributed by atoms with Crippen molar-refractivity contribution in [2.24, 2.45) is 0 Å². The van der Waals surface area contributed by atoms with Crippen molar-refractivity contribution < 1.29 is 4.74 Å². The van der Waals surface area contributed by atoms with Crippen LogP contribution in [0.1, 0.15) is 19.8 Å². The third kappa shape index (κ3) is 5.78. The van der Waals surface area contributed by atoms with E-state index in [0.29, 0.717) is 0 Å². The molecule has 0 radical (unpaired) electrons. The molecule has 3 heteroatoms. The summed E-state index contributed by atoms with van der Waals surface area (Å²) in [6.45, 7) is 5.01. The van der Waals surface area contributed by atoms with Gasteiger partial charge in [0.25, 0.3) is 0 Å². The van der Waals surface area contributed by atoms with Crippen LogP contribution >= 0.6 is 12.4 Å². The van der Waals surface area contributed by atoms with Crippen molar-refractivity contribution >= 4 is 12.4 Å². The molecule has 0 aliphatic carbocycles. The zero-order valence-electron chi connectivity index (χ0n) is 12.5. The van der Waals surface area contributed by atoms with E-state index in [1.807, 2.05) is 18.2 Å². The van der Waals surface area contributed by atoms with Gasteiger partial charge in [0.05, 0.1) is 6.61 Å². The highest BCUT2D eigenvalue weighted by molar-refractivity contribution is 5.85. The summed E-state index contributed by atoms with van der Waals surface area (Å²) >= 11 is 0. The van der Waals surface area contributed by atoms with E-state index >= 15 is 0 Å². The SMILES string of the molecule is CCNCCCCOc1ccccc1-c1ccccc1.Cl. The molecule has 1 N–H and O–H groups in total. The van der Waals surface area contributed by atoms with Crippen LogP contribution in [0.25, 0.3) is 11.1 Å². The maximum atomic E-state index is 5.94. The first-order chi connectivity index (χ1) is 9.92. The Kier molecular flexibility index (Phi) is 8.56. The molecule has 21 heavy (non-hydrogen) atoms. The van der Waals surface area contributed by atoms with Gasteiger partial charge in [0.15, 0.2) is 0 Å². The molecule has 0 aliphatic rings. The zero-order chi connectivity index (χ0) is 14.0. The van der Waals surface area contributed by atoms with Gasteiger partial charge in [-0.1, -0.05) is 55.5 Å². The van der Waals surface area contributed by atoms with Gasteiger partial charge in [-0.25, -0.2) is 0 Å². The minimum absolute atomic E-state index is 0. The second-order valence-electron chi connectivity index (χ2n) is 4.77. The number of hydrogen-bond donors (Lipinski definition) is 1. The van der Waals surface area contributed by atoms with E-state index in [-0.39, 0.29) is 12.4 Å². The lowest BCUT2D eigenvalue weighted by atomic mass is 10.1. The summed E-state index contributed by atoms with van der Waals surface area (Å²) in [6, 6.07) is 18.6. The number of halogens is 1. The van der Waals surface area contributed by atoms with Crippen LogP contribution in [0.15, 0.2) is 54.6 Å². The average molecular weight is 306 g/mol. The molecule has 0 spiro atoms. The first kappa shape index (κ1) is 17.5. The molecule has 0 saturated carbocycles.